The lowest BCUT2D eigenvalue weighted by molar-refractivity contribution is -0.122. The normalized spacial score (nSPS) is 27.9. The van der Waals surface area contributed by atoms with Crippen LogP contribution in [0.5, 0.6) is 5.88 Å². The van der Waals surface area contributed by atoms with Crippen molar-refractivity contribution in [2.24, 2.45) is 0 Å². The first-order chi connectivity index (χ1) is 21.6. The summed E-state index contributed by atoms with van der Waals surface area (Å²) in [5.41, 5.74) is 2.18. The number of morpholine rings is 1. The fourth-order valence-corrected chi connectivity index (χ4v) is 6.90. The molecule has 1 aromatic heterocycles. The maximum atomic E-state index is 14.2. The van der Waals surface area contributed by atoms with Crippen LogP contribution in [0.15, 0.2) is 30.3 Å². The molecular weight excluding hydrogens is 579 g/mol. The maximum absolute atomic E-state index is 14.2. The van der Waals surface area contributed by atoms with Crippen LogP contribution >= 0.6 is 0 Å². The van der Waals surface area contributed by atoms with Crippen molar-refractivity contribution in [3.63, 3.8) is 0 Å². The lowest BCUT2D eigenvalue weighted by atomic mass is 10.00. The Balaban J connectivity index is 1.28. The number of rotatable bonds is 7. The standard InChI is InChI=1S/C33H45FN6O5/c1-20-12-37(27(11-35-20)13-39-21(2)17-44-18-22(39)3)16-30(42)40-23(4)19-45-32-29(40)10-25(9-24-5-7-26(34)8-6-24)31(36-32)33(43)38-14-28(41)15-38/h5-8,10,20-23,27-28,35,41H,9,11-19H2,1-4H3/t20-,21-,22-,23+,27-/m1/s1. The number of pyridine rings is 1. The van der Waals surface area contributed by atoms with E-state index in [9.17, 15) is 19.1 Å². The second-order valence-corrected chi connectivity index (χ2v) is 13.2. The molecule has 4 aliphatic heterocycles. The summed E-state index contributed by atoms with van der Waals surface area (Å²) >= 11 is 0. The van der Waals surface area contributed by atoms with E-state index in [1.165, 1.54) is 12.1 Å². The van der Waals surface area contributed by atoms with Crippen molar-refractivity contribution in [1.29, 1.82) is 0 Å². The molecular formula is C33H45FN6O5. The predicted molar refractivity (Wildman–Crippen MR) is 167 cm³/mol. The van der Waals surface area contributed by atoms with Gasteiger partial charge in [-0.25, -0.2) is 9.37 Å². The molecule has 0 bridgehead atoms. The molecule has 0 unspecified atom stereocenters. The second kappa shape index (κ2) is 13.3. The Hall–Kier alpha value is -3.16. The summed E-state index contributed by atoms with van der Waals surface area (Å²) in [6.45, 7) is 13.2. The minimum atomic E-state index is -0.552. The maximum Gasteiger partial charge on any atom is 0.273 e. The number of nitrogens with zero attached hydrogens (tertiary/aromatic N) is 5. The van der Waals surface area contributed by atoms with E-state index in [4.69, 9.17) is 9.47 Å². The highest BCUT2D eigenvalue weighted by Gasteiger charge is 2.38. The Morgan fingerprint density at radius 1 is 1.02 bits per heavy atom. The van der Waals surface area contributed by atoms with E-state index in [-0.39, 0.29) is 73.6 Å². The van der Waals surface area contributed by atoms with Crippen molar-refractivity contribution in [3.05, 3.63) is 53.0 Å². The zero-order valence-corrected chi connectivity index (χ0v) is 26.6. The summed E-state index contributed by atoms with van der Waals surface area (Å²) < 4.78 is 25.4. The largest absolute Gasteiger partial charge is 0.474 e. The first-order valence-electron chi connectivity index (χ1n) is 16.1. The number of benzene rings is 1. The molecule has 3 saturated heterocycles. The van der Waals surface area contributed by atoms with Crippen LogP contribution in [0, 0.1) is 5.82 Å². The molecule has 6 rings (SSSR count). The molecule has 3 fully saturated rings. The molecule has 2 aromatic rings. The van der Waals surface area contributed by atoms with Gasteiger partial charge >= 0.3 is 0 Å². The number of anilines is 1. The highest BCUT2D eigenvalue weighted by atomic mass is 19.1. The average Bonchev–Trinajstić information content (AvgIpc) is 2.99. The molecule has 0 spiro atoms. The van der Waals surface area contributed by atoms with Crippen molar-refractivity contribution < 1.29 is 28.6 Å². The summed E-state index contributed by atoms with van der Waals surface area (Å²) in [7, 11) is 0. The van der Waals surface area contributed by atoms with Gasteiger partial charge in [0, 0.05) is 56.9 Å². The third-order valence-electron chi connectivity index (χ3n) is 9.47. The van der Waals surface area contributed by atoms with E-state index in [0.29, 0.717) is 43.0 Å². The predicted octanol–water partition coefficient (Wildman–Crippen LogP) is 1.51. The number of β-amino-alcohol motifs (C(OH)–C–C–N with tert-alkyl or cyclic N) is 1. The van der Waals surface area contributed by atoms with Gasteiger partial charge in [0.2, 0.25) is 11.8 Å². The Morgan fingerprint density at radius 2 is 1.73 bits per heavy atom. The van der Waals surface area contributed by atoms with Crippen LogP contribution in [0.4, 0.5) is 10.1 Å². The number of nitrogens with one attached hydrogen (secondary N) is 1. The van der Waals surface area contributed by atoms with Crippen LogP contribution in [-0.2, 0) is 16.0 Å². The Kier molecular flexibility index (Phi) is 9.39. The molecule has 2 amide bonds. The molecule has 5 atom stereocenters. The molecule has 1 aromatic carbocycles. The molecule has 0 saturated carbocycles. The number of hydrogen-bond donors (Lipinski definition) is 2. The van der Waals surface area contributed by atoms with E-state index < -0.39 is 6.10 Å². The number of hydrogen-bond acceptors (Lipinski definition) is 9. The van der Waals surface area contributed by atoms with Crippen LogP contribution in [0.3, 0.4) is 0 Å². The quantitative estimate of drug-likeness (QED) is 0.474. The van der Waals surface area contributed by atoms with E-state index in [1.807, 2.05) is 13.0 Å². The molecule has 45 heavy (non-hydrogen) atoms. The topological polar surface area (TPSA) is 111 Å². The minimum Gasteiger partial charge on any atom is -0.474 e. The Bertz CT molecular complexity index is 1380. The van der Waals surface area contributed by atoms with E-state index in [0.717, 1.165) is 25.2 Å². The van der Waals surface area contributed by atoms with Gasteiger partial charge in [-0.2, -0.15) is 0 Å². The average molecular weight is 625 g/mol. The van der Waals surface area contributed by atoms with Crippen LogP contribution < -0.4 is 15.0 Å². The van der Waals surface area contributed by atoms with Crippen molar-refractivity contribution in [2.75, 3.05) is 64.0 Å². The van der Waals surface area contributed by atoms with Gasteiger partial charge in [-0.3, -0.25) is 19.4 Å². The Morgan fingerprint density at radius 3 is 2.42 bits per heavy atom. The van der Waals surface area contributed by atoms with Gasteiger partial charge in [0.1, 0.15) is 23.8 Å². The first-order valence-corrected chi connectivity index (χ1v) is 16.1. The number of halogens is 1. The number of ether oxygens (including phenoxy) is 2. The molecule has 0 aliphatic carbocycles. The minimum absolute atomic E-state index is 0.0475. The third kappa shape index (κ3) is 6.85. The summed E-state index contributed by atoms with van der Waals surface area (Å²) in [5.74, 6) is -0.446. The van der Waals surface area contributed by atoms with Gasteiger partial charge in [-0.05, 0) is 63.4 Å². The second-order valence-electron chi connectivity index (χ2n) is 13.2. The number of fused-ring (bicyclic) bond motifs is 1. The van der Waals surface area contributed by atoms with Crippen molar-refractivity contribution in [2.45, 2.75) is 70.4 Å². The number of piperazine rings is 1. The first kappa shape index (κ1) is 31.8. The highest BCUT2D eigenvalue weighted by molar-refractivity contribution is 5.99. The van der Waals surface area contributed by atoms with Gasteiger partial charge in [0.15, 0.2) is 0 Å². The number of likely N-dealkylation sites (tertiary alicyclic amines) is 1. The summed E-state index contributed by atoms with van der Waals surface area (Å²) in [6.07, 6.45) is -0.231. The number of aliphatic hydroxyl groups is 1. The molecule has 12 heteroatoms. The molecule has 5 heterocycles. The van der Waals surface area contributed by atoms with Crippen molar-refractivity contribution >= 4 is 17.5 Å². The molecule has 2 N–H and O–H groups in total. The molecule has 0 radical (unpaired) electrons. The Labute approximate surface area is 264 Å². The van der Waals surface area contributed by atoms with Crippen LogP contribution in [-0.4, -0.2) is 132 Å². The summed E-state index contributed by atoms with van der Waals surface area (Å²) in [6, 6.07) is 8.74. The monoisotopic (exact) mass is 624 g/mol. The lowest BCUT2D eigenvalue weighted by Crippen LogP contribution is -2.63. The highest BCUT2D eigenvalue weighted by Crippen LogP contribution is 2.36. The van der Waals surface area contributed by atoms with Gasteiger partial charge in [-0.1, -0.05) is 12.1 Å². The number of aromatic nitrogens is 1. The van der Waals surface area contributed by atoms with Crippen LogP contribution in [0.1, 0.15) is 49.3 Å². The summed E-state index contributed by atoms with van der Waals surface area (Å²) in [4.78, 5) is 40.5. The molecule has 11 nitrogen and oxygen atoms in total. The molecule has 4 aliphatic rings. The smallest absolute Gasteiger partial charge is 0.273 e. The third-order valence-corrected chi connectivity index (χ3v) is 9.47. The van der Waals surface area contributed by atoms with E-state index >= 15 is 0 Å². The number of carbonyl (C=O) groups is 2. The van der Waals surface area contributed by atoms with Gasteiger partial charge in [0.05, 0.1) is 31.9 Å². The molecule has 244 valence electrons. The van der Waals surface area contributed by atoms with Crippen molar-refractivity contribution in [3.8, 4) is 5.88 Å². The van der Waals surface area contributed by atoms with Gasteiger partial charge < -0.3 is 29.7 Å². The SMILES string of the molecule is C[C@@H]1CN(CC(=O)N2c3cc(Cc4ccc(F)cc4)c(C(=O)N4CC(O)C4)nc3OC[C@@H]2C)[C@@H](CN2[C@H](C)COC[C@H]2C)CN1. The van der Waals surface area contributed by atoms with Crippen LogP contribution in [0.25, 0.3) is 0 Å². The summed E-state index contributed by atoms with van der Waals surface area (Å²) in [5, 5.41) is 13.4. The van der Waals surface area contributed by atoms with Gasteiger partial charge in [-0.15, -0.1) is 0 Å². The van der Waals surface area contributed by atoms with Gasteiger partial charge in [0.25, 0.3) is 5.91 Å². The van der Waals surface area contributed by atoms with Crippen LogP contribution in [0.2, 0.25) is 0 Å². The number of aliphatic hydroxyl groups excluding tert-OH is 1. The zero-order valence-electron chi connectivity index (χ0n) is 26.6. The zero-order chi connectivity index (χ0) is 31.8. The number of carbonyl (C=O) groups excluding carboxylic acids is 2. The fraction of sp³-hybridized carbons (Fsp3) is 0.606. The fourth-order valence-electron chi connectivity index (χ4n) is 6.90. The van der Waals surface area contributed by atoms with Crippen molar-refractivity contribution in [1.82, 2.24) is 25.0 Å². The number of amides is 2. The van der Waals surface area contributed by atoms with E-state index in [1.54, 1.807) is 21.9 Å². The van der Waals surface area contributed by atoms with E-state index in [2.05, 4.69) is 40.9 Å². The lowest BCUT2D eigenvalue weighted by Gasteiger charge is -2.46.